The lowest BCUT2D eigenvalue weighted by Gasteiger charge is -2.25. The molecule has 1 aliphatic heterocycles. The third kappa shape index (κ3) is 3.39. The fraction of sp³-hybridized carbons (Fsp3) is 0.143. The van der Waals surface area contributed by atoms with Crippen molar-refractivity contribution in [3.05, 3.63) is 75.1 Å². The van der Waals surface area contributed by atoms with Crippen molar-refractivity contribution in [1.82, 2.24) is 10.2 Å². The highest BCUT2D eigenvalue weighted by Crippen LogP contribution is 2.47. The highest BCUT2D eigenvalue weighted by atomic mass is 35.5. The fourth-order valence-corrected chi connectivity index (χ4v) is 3.91. The number of aromatic nitrogens is 2. The van der Waals surface area contributed by atoms with E-state index < -0.39 is 5.92 Å². The van der Waals surface area contributed by atoms with Gasteiger partial charge in [-0.05, 0) is 48.9 Å². The van der Waals surface area contributed by atoms with Crippen LogP contribution in [0.5, 0.6) is 11.6 Å². The summed E-state index contributed by atoms with van der Waals surface area (Å²) in [5.74, 6) is 0.524. The number of nitrogens with two attached hydrogens (primary N) is 1. The minimum absolute atomic E-state index is 0.000704. The summed E-state index contributed by atoms with van der Waals surface area (Å²) in [5, 5.41) is 18.0. The first-order chi connectivity index (χ1) is 14.0. The van der Waals surface area contributed by atoms with Crippen LogP contribution in [0.2, 0.25) is 10.0 Å². The summed E-state index contributed by atoms with van der Waals surface area (Å²) in [6.07, 6.45) is 0. The summed E-state index contributed by atoms with van der Waals surface area (Å²) in [4.78, 5) is 0. The van der Waals surface area contributed by atoms with Crippen molar-refractivity contribution in [2.24, 2.45) is 5.73 Å². The number of nitrogens with zero attached hydrogens (tertiary/aromatic N) is 2. The van der Waals surface area contributed by atoms with Crippen molar-refractivity contribution >= 4 is 23.2 Å². The van der Waals surface area contributed by atoms with E-state index in [9.17, 15) is 5.26 Å². The van der Waals surface area contributed by atoms with Gasteiger partial charge >= 0.3 is 0 Å². The molecule has 2 heterocycles. The van der Waals surface area contributed by atoms with Crippen LogP contribution in [0.3, 0.4) is 0 Å². The molecule has 1 aromatic heterocycles. The molecule has 1 unspecified atom stereocenters. The lowest BCUT2D eigenvalue weighted by Crippen LogP contribution is -2.21. The molecule has 8 heteroatoms. The van der Waals surface area contributed by atoms with Crippen LogP contribution < -0.4 is 15.2 Å². The van der Waals surface area contributed by atoms with E-state index in [4.69, 9.17) is 38.4 Å². The van der Waals surface area contributed by atoms with Crippen LogP contribution >= 0.6 is 23.2 Å². The maximum absolute atomic E-state index is 9.77. The van der Waals surface area contributed by atoms with Gasteiger partial charge in [0.15, 0.2) is 0 Å². The topological polar surface area (TPSA) is 97.0 Å². The number of allylic oxidation sites excluding steroid dienone is 1. The van der Waals surface area contributed by atoms with Crippen LogP contribution in [0, 0.1) is 11.3 Å². The largest absolute Gasteiger partial charge is 0.494 e. The Morgan fingerprint density at radius 2 is 2.00 bits per heavy atom. The number of rotatable bonds is 4. The van der Waals surface area contributed by atoms with Gasteiger partial charge < -0.3 is 15.2 Å². The number of hydrogen-bond donors (Lipinski definition) is 2. The second-order valence-corrected chi connectivity index (χ2v) is 7.21. The van der Waals surface area contributed by atoms with Crippen molar-refractivity contribution in [2.75, 3.05) is 6.61 Å². The molecule has 1 aliphatic rings. The standard InChI is InChI=1S/C21H16Cl2N4O2/c1-2-28-13-6-3-11(4-7-13)19-18-17(14-8-5-12(22)9-16(14)23)15(10-24)20(25)29-21(18)27-26-19/h3-9,17H,2,25H2,1H3,(H,26,27). The molecular formula is C21H16Cl2N4O2. The first-order valence-corrected chi connectivity index (χ1v) is 9.63. The van der Waals surface area contributed by atoms with Crippen LogP contribution in [-0.2, 0) is 0 Å². The number of ether oxygens (including phenoxy) is 2. The second kappa shape index (κ2) is 7.70. The van der Waals surface area contributed by atoms with Crippen molar-refractivity contribution < 1.29 is 9.47 Å². The SMILES string of the molecule is CCOc1ccc(-c2[nH]nc3c2C(c2ccc(Cl)cc2Cl)C(C#N)=C(N)O3)cc1. The monoisotopic (exact) mass is 426 g/mol. The molecule has 146 valence electrons. The number of nitriles is 1. The Morgan fingerprint density at radius 1 is 1.24 bits per heavy atom. The molecule has 0 aliphatic carbocycles. The molecule has 2 aromatic carbocycles. The van der Waals surface area contributed by atoms with Gasteiger partial charge in [0.2, 0.25) is 11.8 Å². The molecule has 1 atom stereocenters. The second-order valence-electron chi connectivity index (χ2n) is 6.37. The molecule has 3 aromatic rings. The summed E-state index contributed by atoms with van der Waals surface area (Å²) in [6.45, 7) is 2.51. The summed E-state index contributed by atoms with van der Waals surface area (Å²) in [6, 6.07) is 14.9. The van der Waals surface area contributed by atoms with E-state index in [1.165, 1.54) is 0 Å². The van der Waals surface area contributed by atoms with Gasteiger partial charge in [0.05, 0.1) is 23.8 Å². The number of aromatic amines is 1. The van der Waals surface area contributed by atoms with E-state index in [-0.39, 0.29) is 11.5 Å². The van der Waals surface area contributed by atoms with E-state index in [0.29, 0.717) is 39.4 Å². The van der Waals surface area contributed by atoms with Gasteiger partial charge in [-0.3, -0.25) is 5.10 Å². The van der Waals surface area contributed by atoms with Gasteiger partial charge in [0, 0.05) is 15.6 Å². The van der Waals surface area contributed by atoms with Crippen molar-refractivity contribution in [3.63, 3.8) is 0 Å². The lowest BCUT2D eigenvalue weighted by atomic mass is 9.83. The molecule has 0 bridgehead atoms. The Kier molecular flexibility index (Phi) is 5.10. The Balaban J connectivity index is 1.89. The highest BCUT2D eigenvalue weighted by Gasteiger charge is 2.36. The quantitative estimate of drug-likeness (QED) is 0.611. The maximum Gasteiger partial charge on any atom is 0.244 e. The number of benzene rings is 2. The van der Waals surface area contributed by atoms with Crippen molar-refractivity contribution in [2.45, 2.75) is 12.8 Å². The molecule has 0 spiro atoms. The summed E-state index contributed by atoms with van der Waals surface area (Å²) in [7, 11) is 0. The number of H-pyrrole nitrogens is 1. The normalized spacial score (nSPS) is 15.4. The lowest BCUT2D eigenvalue weighted by molar-refractivity contribution is 0.340. The first-order valence-electron chi connectivity index (χ1n) is 8.87. The van der Waals surface area contributed by atoms with Gasteiger partial charge in [0.1, 0.15) is 17.4 Å². The minimum atomic E-state index is -0.547. The fourth-order valence-electron chi connectivity index (χ4n) is 3.40. The van der Waals surface area contributed by atoms with Crippen LogP contribution in [0.1, 0.15) is 24.0 Å². The zero-order valence-corrected chi connectivity index (χ0v) is 16.9. The van der Waals surface area contributed by atoms with Crippen LogP contribution in [0.25, 0.3) is 11.3 Å². The highest BCUT2D eigenvalue weighted by molar-refractivity contribution is 6.35. The Bertz CT molecular complexity index is 1150. The number of hydrogen-bond acceptors (Lipinski definition) is 5. The number of fused-ring (bicyclic) bond motifs is 1. The first kappa shape index (κ1) is 19.2. The van der Waals surface area contributed by atoms with E-state index in [1.807, 2.05) is 31.2 Å². The summed E-state index contributed by atoms with van der Waals surface area (Å²) < 4.78 is 11.1. The predicted octanol–water partition coefficient (Wildman–Crippen LogP) is 5.00. The predicted molar refractivity (Wildman–Crippen MR) is 111 cm³/mol. The molecule has 6 nitrogen and oxygen atoms in total. The number of halogens is 2. The Hall–Kier alpha value is -3.14. The molecule has 4 rings (SSSR count). The van der Waals surface area contributed by atoms with E-state index >= 15 is 0 Å². The van der Waals surface area contributed by atoms with Crippen LogP contribution in [0.4, 0.5) is 0 Å². The van der Waals surface area contributed by atoms with Crippen molar-refractivity contribution in [1.29, 1.82) is 5.26 Å². The van der Waals surface area contributed by atoms with E-state index in [0.717, 1.165) is 11.3 Å². The molecule has 0 amide bonds. The molecule has 0 fully saturated rings. The molecule has 0 radical (unpaired) electrons. The molecule has 0 saturated carbocycles. The third-order valence-electron chi connectivity index (χ3n) is 4.67. The zero-order valence-electron chi connectivity index (χ0n) is 15.4. The number of nitrogens with one attached hydrogen (secondary N) is 1. The molecular weight excluding hydrogens is 411 g/mol. The van der Waals surface area contributed by atoms with Crippen molar-refractivity contribution in [3.8, 4) is 29.0 Å². The summed E-state index contributed by atoms with van der Waals surface area (Å²) >= 11 is 12.5. The van der Waals surface area contributed by atoms with E-state index in [2.05, 4.69) is 16.3 Å². The smallest absolute Gasteiger partial charge is 0.244 e. The Labute approximate surface area is 177 Å². The molecule has 3 N–H and O–H groups in total. The van der Waals surface area contributed by atoms with Gasteiger partial charge in [-0.2, -0.15) is 5.26 Å². The van der Waals surface area contributed by atoms with Gasteiger partial charge in [-0.15, -0.1) is 5.10 Å². The van der Waals surface area contributed by atoms with Gasteiger partial charge in [0.25, 0.3) is 0 Å². The molecule has 0 saturated heterocycles. The third-order valence-corrected chi connectivity index (χ3v) is 5.23. The minimum Gasteiger partial charge on any atom is -0.494 e. The van der Waals surface area contributed by atoms with Gasteiger partial charge in [-0.1, -0.05) is 29.3 Å². The average Bonchev–Trinajstić information content (AvgIpc) is 3.11. The zero-order chi connectivity index (χ0) is 20.5. The van der Waals surface area contributed by atoms with Crippen LogP contribution in [-0.4, -0.2) is 16.8 Å². The summed E-state index contributed by atoms with van der Waals surface area (Å²) in [5.41, 5.74) is 9.21. The Morgan fingerprint density at radius 3 is 2.66 bits per heavy atom. The van der Waals surface area contributed by atoms with Gasteiger partial charge in [-0.25, -0.2) is 0 Å². The van der Waals surface area contributed by atoms with Crippen LogP contribution in [0.15, 0.2) is 53.9 Å². The maximum atomic E-state index is 9.77. The van der Waals surface area contributed by atoms with E-state index in [1.54, 1.807) is 18.2 Å². The average molecular weight is 427 g/mol. The molecule has 29 heavy (non-hydrogen) atoms.